The molecule has 1 atom stereocenters. The Balaban J connectivity index is 1.98. The molecule has 1 amide bonds. The lowest BCUT2D eigenvalue weighted by molar-refractivity contribution is 0.132. The van der Waals surface area contributed by atoms with Gasteiger partial charge in [0.25, 0.3) is 0 Å². The monoisotopic (exact) mass is 336 g/mol. The van der Waals surface area contributed by atoms with Crippen LogP contribution in [-0.4, -0.2) is 56.7 Å². The first-order chi connectivity index (χ1) is 11.0. The van der Waals surface area contributed by atoms with Gasteiger partial charge in [0.15, 0.2) is 10.6 Å². The Morgan fingerprint density at radius 1 is 1.48 bits per heavy atom. The molecule has 0 radical (unpaired) electrons. The highest BCUT2D eigenvalue weighted by atomic mass is 32.1. The topological polar surface area (TPSA) is 108 Å². The molecule has 1 aliphatic rings. The van der Waals surface area contributed by atoms with E-state index in [0.717, 1.165) is 16.8 Å². The number of amides is 1. The van der Waals surface area contributed by atoms with Gasteiger partial charge in [-0.2, -0.15) is 4.98 Å². The van der Waals surface area contributed by atoms with E-state index < -0.39 is 6.09 Å². The molecule has 1 saturated heterocycles. The summed E-state index contributed by atoms with van der Waals surface area (Å²) in [7, 11) is 0. The lowest BCUT2D eigenvalue weighted by atomic mass is 10.00. The highest BCUT2D eigenvalue weighted by Crippen LogP contribution is 2.30. The summed E-state index contributed by atoms with van der Waals surface area (Å²) in [5, 5.41) is 9.28. The standard InChI is InChI=1S/C14H20N6O2S/c1-8(2)5-9-6-19(14(21)22)3-4-20(9)11-10-12(23-7-16-10)18-13(15)17-11/h7-9H,3-6H2,1-2H3,(H,21,22)(H2,15,17,18)/t9-/m0/s1. The van der Waals surface area contributed by atoms with Gasteiger partial charge >= 0.3 is 6.09 Å². The van der Waals surface area contributed by atoms with E-state index in [1.165, 1.54) is 16.2 Å². The van der Waals surface area contributed by atoms with Crippen LogP contribution in [0.1, 0.15) is 20.3 Å². The number of nitrogens with two attached hydrogens (primary N) is 1. The van der Waals surface area contributed by atoms with Gasteiger partial charge in [0.2, 0.25) is 5.95 Å². The summed E-state index contributed by atoms with van der Waals surface area (Å²) in [5.74, 6) is 1.38. The van der Waals surface area contributed by atoms with Crippen molar-refractivity contribution in [2.45, 2.75) is 26.3 Å². The zero-order chi connectivity index (χ0) is 16.6. The number of carboxylic acid groups (broad SMARTS) is 1. The number of nitrogens with zero attached hydrogens (tertiary/aromatic N) is 5. The predicted molar refractivity (Wildman–Crippen MR) is 89.8 cm³/mol. The first-order valence-corrected chi connectivity index (χ1v) is 8.45. The normalized spacial score (nSPS) is 18.8. The quantitative estimate of drug-likeness (QED) is 0.881. The zero-order valence-electron chi connectivity index (χ0n) is 13.1. The number of aromatic nitrogens is 3. The molecule has 1 fully saturated rings. The van der Waals surface area contributed by atoms with Gasteiger partial charge in [-0.25, -0.2) is 14.8 Å². The summed E-state index contributed by atoms with van der Waals surface area (Å²) >= 11 is 1.43. The third-order valence-corrected chi connectivity index (χ3v) is 4.68. The number of nitrogen functional groups attached to an aromatic ring is 1. The average molecular weight is 336 g/mol. The number of hydrogen-bond donors (Lipinski definition) is 2. The van der Waals surface area contributed by atoms with E-state index in [4.69, 9.17) is 5.73 Å². The van der Waals surface area contributed by atoms with Gasteiger partial charge in [-0.3, -0.25) is 0 Å². The number of rotatable bonds is 3. The second-order valence-electron chi connectivity index (χ2n) is 6.12. The van der Waals surface area contributed by atoms with Crippen molar-refractivity contribution in [3.8, 4) is 0 Å². The zero-order valence-corrected chi connectivity index (χ0v) is 14.0. The molecule has 9 heteroatoms. The molecule has 124 valence electrons. The number of thiazole rings is 1. The van der Waals surface area contributed by atoms with E-state index in [1.807, 2.05) is 0 Å². The summed E-state index contributed by atoms with van der Waals surface area (Å²) in [6.45, 7) is 5.74. The van der Waals surface area contributed by atoms with Gasteiger partial charge < -0.3 is 20.6 Å². The maximum atomic E-state index is 11.3. The SMILES string of the molecule is CC(C)C[C@H]1CN(C(=O)O)CCN1c1nc(N)nc2scnc12. The minimum absolute atomic E-state index is 0.0547. The summed E-state index contributed by atoms with van der Waals surface area (Å²) < 4.78 is 0. The molecule has 3 N–H and O–H groups in total. The Kier molecular flexibility index (Phi) is 4.20. The third kappa shape index (κ3) is 3.14. The number of fused-ring (bicyclic) bond motifs is 1. The van der Waals surface area contributed by atoms with Crippen molar-refractivity contribution in [3.63, 3.8) is 0 Å². The van der Waals surface area contributed by atoms with Crippen molar-refractivity contribution in [1.29, 1.82) is 0 Å². The fourth-order valence-electron chi connectivity index (χ4n) is 3.02. The van der Waals surface area contributed by atoms with Gasteiger partial charge in [-0.05, 0) is 12.3 Å². The molecule has 3 rings (SSSR count). The van der Waals surface area contributed by atoms with Crippen LogP contribution in [0.15, 0.2) is 5.51 Å². The van der Waals surface area contributed by atoms with Crippen molar-refractivity contribution < 1.29 is 9.90 Å². The maximum absolute atomic E-state index is 11.3. The molecule has 0 unspecified atom stereocenters. The second kappa shape index (κ2) is 6.15. The van der Waals surface area contributed by atoms with Crippen LogP contribution in [0.3, 0.4) is 0 Å². The smallest absolute Gasteiger partial charge is 0.407 e. The van der Waals surface area contributed by atoms with Crippen molar-refractivity contribution >= 4 is 39.5 Å². The summed E-state index contributed by atoms with van der Waals surface area (Å²) in [6.07, 6.45) is -0.00122. The molecule has 23 heavy (non-hydrogen) atoms. The molecule has 2 aromatic heterocycles. The molecule has 0 aliphatic carbocycles. The molecular formula is C14H20N6O2S. The van der Waals surface area contributed by atoms with Crippen molar-refractivity contribution in [1.82, 2.24) is 19.9 Å². The maximum Gasteiger partial charge on any atom is 0.407 e. The Morgan fingerprint density at radius 3 is 2.96 bits per heavy atom. The van der Waals surface area contributed by atoms with E-state index in [-0.39, 0.29) is 12.0 Å². The van der Waals surface area contributed by atoms with Gasteiger partial charge in [-0.1, -0.05) is 13.8 Å². The summed E-state index contributed by atoms with van der Waals surface area (Å²) in [4.78, 5) is 28.6. The van der Waals surface area contributed by atoms with E-state index in [0.29, 0.717) is 31.4 Å². The summed E-state index contributed by atoms with van der Waals surface area (Å²) in [5.41, 5.74) is 8.31. The van der Waals surface area contributed by atoms with Crippen molar-refractivity contribution in [2.24, 2.45) is 5.92 Å². The van der Waals surface area contributed by atoms with Crippen LogP contribution < -0.4 is 10.6 Å². The minimum atomic E-state index is -0.876. The molecule has 3 heterocycles. The first kappa shape index (κ1) is 15.7. The number of piperazine rings is 1. The first-order valence-electron chi connectivity index (χ1n) is 7.57. The fraction of sp³-hybridized carbons (Fsp3) is 0.571. The highest BCUT2D eigenvalue weighted by molar-refractivity contribution is 7.16. The number of carbonyl (C=O) groups is 1. The minimum Gasteiger partial charge on any atom is -0.465 e. The lowest BCUT2D eigenvalue weighted by Gasteiger charge is -2.41. The molecular weight excluding hydrogens is 316 g/mol. The number of anilines is 2. The molecule has 0 bridgehead atoms. The van der Waals surface area contributed by atoms with Crippen molar-refractivity contribution in [3.05, 3.63) is 5.51 Å². The van der Waals surface area contributed by atoms with Gasteiger partial charge in [0.05, 0.1) is 5.51 Å². The van der Waals surface area contributed by atoms with E-state index in [9.17, 15) is 9.90 Å². The Labute approximate surface area is 138 Å². The van der Waals surface area contributed by atoms with Crippen LogP contribution in [-0.2, 0) is 0 Å². The Morgan fingerprint density at radius 2 is 2.26 bits per heavy atom. The highest BCUT2D eigenvalue weighted by Gasteiger charge is 2.32. The van der Waals surface area contributed by atoms with Crippen LogP contribution in [0.25, 0.3) is 10.3 Å². The van der Waals surface area contributed by atoms with Crippen LogP contribution in [0.4, 0.5) is 16.6 Å². The molecule has 8 nitrogen and oxygen atoms in total. The lowest BCUT2D eigenvalue weighted by Crippen LogP contribution is -2.55. The van der Waals surface area contributed by atoms with Gasteiger partial charge in [0.1, 0.15) is 5.52 Å². The van der Waals surface area contributed by atoms with E-state index >= 15 is 0 Å². The van der Waals surface area contributed by atoms with Crippen LogP contribution in [0.2, 0.25) is 0 Å². The Hall–Kier alpha value is -2.16. The van der Waals surface area contributed by atoms with Crippen molar-refractivity contribution in [2.75, 3.05) is 30.3 Å². The van der Waals surface area contributed by atoms with Crippen LogP contribution in [0, 0.1) is 5.92 Å². The van der Waals surface area contributed by atoms with Gasteiger partial charge in [0, 0.05) is 25.7 Å². The number of hydrogen-bond acceptors (Lipinski definition) is 7. The fourth-order valence-corrected chi connectivity index (χ4v) is 3.68. The Bertz CT molecular complexity index is 718. The molecule has 0 saturated carbocycles. The average Bonchev–Trinajstić information content (AvgIpc) is 2.93. The third-order valence-electron chi connectivity index (χ3n) is 3.97. The largest absolute Gasteiger partial charge is 0.465 e. The molecule has 2 aromatic rings. The van der Waals surface area contributed by atoms with Crippen LogP contribution >= 0.6 is 11.3 Å². The molecule has 0 spiro atoms. The molecule has 0 aromatic carbocycles. The predicted octanol–water partition coefficient (Wildman–Crippen LogP) is 1.88. The van der Waals surface area contributed by atoms with E-state index in [1.54, 1.807) is 5.51 Å². The van der Waals surface area contributed by atoms with Gasteiger partial charge in [-0.15, -0.1) is 11.3 Å². The van der Waals surface area contributed by atoms with Crippen LogP contribution in [0.5, 0.6) is 0 Å². The summed E-state index contributed by atoms with van der Waals surface area (Å²) in [6, 6.07) is 0.0547. The molecule has 1 aliphatic heterocycles. The van der Waals surface area contributed by atoms with E-state index in [2.05, 4.69) is 33.7 Å². The second-order valence-corrected chi connectivity index (χ2v) is 6.95.